The van der Waals surface area contributed by atoms with E-state index >= 15 is 0 Å². The van der Waals surface area contributed by atoms with Crippen molar-refractivity contribution in [2.75, 3.05) is 18.6 Å². The highest BCUT2D eigenvalue weighted by molar-refractivity contribution is 7.90. The van der Waals surface area contributed by atoms with Gasteiger partial charge in [0.25, 0.3) is 15.9 Å². The van der Waals surface area contributed by atoms with Crippen molar-refractivity contribution in [1.82, 2.24) is 10.0 Å². The zero-order valence-electron chi connectivity index (χ0n) is 22.0. The molecule has 4 rings (SSSR count). The molecule has 2 unspecified atom stereocenters. The van der Waals surface area contributed by atoms with E-state index in [1.807, 2.05) is 50.2 Å². The molecule has 0 bridgehead atoms. The summed E-state index contributed by atoms with van der Waals surface area (Å²) in [5, 5.41) is 2.75. The zero-order chi connectivity index (χ0) is 27.5. The number of likely N-dealkylation sites (N-methyl/N-ethyl adjacent to an activating group) is 1. The fourth-order valence-electron chi connectivity index (χ4n) is 4.78. The lowest BCUT2D eigenvalue weighted by molar-refractivity contribution is -0.121. The number of ether oxygens (including phenoxy) is 1. The molecule has 0 radical (unpaired) electrons. The molecular weight excluding hydrogens is 502 g/mol. The van der Waals surface area contributed by atoms with Crippen molar-refractivity contribution < 1.29 is 22.7 Å². The van der Waals surface area contributed by atoms with Gasteiger partial charge in [0.2, 0.25) is 0 Å². The average molecular weight is 536 g/mol. The van der Waals surface area contributed by atoms with Crippen LogP contribution in [0, 0.1) is 6.92 Å². The molecule has 0 saturated heterocycles. The van der Waals surface area contributed by atoms with E-state index in [-0.39, 0.29) is 16.7 Å². The molecule has 3 aromatic rings. The minimum atomic E-state index is -4.16. The van der Waals surface area contributed by atoms with E-state index in [2.05, 4.69) is 10.0 Å². The molecular formula is C29H33N3O5S. The lowest BCUT2D eigenvalue weighted by Crippen LogP contribution is -2.55. The highest BCUT2D eigenvalue weighted by atomic mass is 32.2. The largest absolute Gasteiger partial charge is 0.497 e. The summed E-state index contributed by atoms with van der Waals surface area (Å²) in [6.07, 6.45) is 1.00. The summed E-state index contributed by atoms with van der Waals surface area (Å²) in [4.78, 5) is 28.8. The molecule has 8 nitrogen and oxygen atoms in total. The topological polar surface area (TPSA) is 105 Å². The Hall–Kier alpha value is -3.85. The first-order chi connectivity index (χ1) is 18.1. The second kappa shape index (κ2) is 10.9. The molecule has 0 aromatic heterocycles. The first kappa shape index (κ1) is 27.2. The molecule has 1 saturated carbocycles. The van der Waals surface area contributed by atoms with Crippen LogP contribution in [0.5, 0.6) is 5.75 Å². The van der Waals surface area contributed by atoms with E-state index < -0.39 is 21.6 Å². The third kappa shape index (κ3) is 5.38. The standard InChI is InChI=1S/C29H33N3O5S/c1-5-21-13-12-20(3)26(18-21)38(35,36)31-28(34)30-29(19-25(29)22-10-8-7-9-11-22)27(33)32(6-2)23-14-16-24(37-4)17-15-23/h7-18,25H,5-6,19H2,1-4H3,(H2,30,31,34). The van der Waals surface area contributed by atoms with Crippen LogP contribution in [0.2, 0.25) is 0 Å². The fraction of sp³-hybridized carbons (Fsp3) is 0.310. The number of urea groups is 1. The van der Waals surface area contributed by atoms with Crippen LogP contribution in [0.4, 0.5) is 10.5 Å². The summed E-state index contributed by atoms with van der Waals surface area (Å²) >= 11 is 0. The SMILES string of the molecule is CCc1ccc(C)c(S(=O)(=O)NC(=O)NC2(C(=O)N(CC)c3ccc(OC)cc3)CC2c2ccccc2)c1. The third-order valence-corrected chi connectivity index (χ3v) is 8.48. The van der Waals surface area contributed by atoms with Crippen LogP contribution in [0.3, 0.4) is 0 Å². The lowest BCUT2D eigenvalue weighted by atomic mass is 10.0. The number of benzene rings is 3. The van der Waals surface area contributed by atoms with E-state index in [9.17, 15) is 18.0 Å². The Labute approximate surface area is 224 Å². The maximum Gasteiger partial charge on any atom is 0.329 e. The number of hydrogen-bond donors (Lipinski definition) is 2. The molecule has 0 aliphatic heterocycles. The number of sulfonamides is 1. The summed E-state index contributed by atoms with van der Waals surface area (Å²) in [6.45, 7) is 5.82. The van der Waals surface area contributed by atoms with E-state index in [1.165, 1.54) is 0 Å². The van der Waals surface area contributed by atoms with Crippen LogP contribution < -0.4 is 19.7 Å². The zero-order valence-corrected chi connectivity index (χ0v) is 22.8. The van der Waals surface area contributed by atoms with Gasteiger partial charge in [0, 0.05) is 18.2 Å². The van der Waals surface area contributed by atoms with E-state index in [4.69, 9.17) is 4.74 Å². The summed E-state index contributed by atoms with van der Waals surface area (Å²) in [5.74, 6) is 0.0449. The van der Waals surface area contributed by atoms with Gasteiger partial charge in [-0.1, -0.05) is 49.4 Å². The summed E-state index contributed by atoms with van der Waals surface area (Å²) in [6, 6.07) is 20.7. The van der Waals surface area contributed by atoms with Crippen molar-refractivity contribution in [3.05, 3.63) is 89.5 Å². The molecule has 38 heavy (non-hydrogen) atoms. The van der Waals surface area contributed by atoms with Crippen LogP contribution in [0.25, 0.3) is 0 Å². The Morgan fingerprint density at radius 3 is 2.32 bits per heavy atom. The molecule has 1 aliphatic carbocycles. The van der Waals surface area contributed by atoms with Gasteiger partial charge in [0.05, 0.1) is 12.0 Å². The van der Waals surface area contributed by atoms with E-state index in [1.54, 1.807) is 55.3 Å². The summed E-state index contributed by atoms with van der Waals surface area (Å²) < 4.78 is 33.7. The van der Waals surface area contributed by atoms with Gasteiger partial charge >= 0.3 is 6.03 Å². The van der Waals surface area contributed by atoms with Gasteiger partial charge in [-0.2, -0.15) is 0 Å². The Balaban J connectivity index is 1.63. The predicted molar refractivity (Wildman–Crippen MR) is 147 cm³/mol. The number of aryl methyl sites for hydroxylation is 2. The predicted octanol–water partition coefficient (Wildman–Crippen LogP) is 4.53. The van der Waals surface area contributed by atoms with Crippen LogP contribution >= 0.6 is 0 Å². The molecule has 0 spiro atoms. The van der Waals surface area contributed by atoms with Gasteiger partial charge in [-0.25, -0.2) is 17.9 Å². The minimum Gasteiger partial charge on any atom is -0.497 e. The first-order valence-electron chi connectivity index (χ1n) is 12.6. The summed E-state index contributed by atoms with van der Waals surface area (Å²) in [5.41, 5.74) is 1.61. The van der Waals surface area contributed by atoms with Crippen LogP contribution in [0.1, 0.15) is 42.9 Å². The highest BCUT2D eigenvalue weighted by Gasteiger charge is 2.63. The normalized spacial score (nSPS) is 18.4. The van der Waals surface area contributed by atoms with Crippen molar-refractivity contribution in [1.29, 1.82) is 0 Å². The van der Waals surface area contributed by atoms with Crippen molar-refractivity contribution in [2.24, 2.45) is 0 Å². The van der Waals surface area contributed by atoms with E-state index in [0.29, 0.717) is 36.4 Å². The maximum atomic E-state index is 14.0. The smallest absolute Gasteiger partial charge is 0.329 e. The molecule has 0 heterocycles. The molecule has 3 amide bonds. The fourth-order valence-corrected chi connectivity index (χ4v) is 5.99. The average Bonchev–Trinajstić information content (AvgIpc) is 3.64. The lowest BCUT2D eigenvalue weighted by Gasteiger charge is -2.28. The van der Waals surface area contributed by atoms with Gasteiger partial charge in [0.1, 0.15) is 11.3 Å². The van der Waals surface area contributed by atoms with Crippen LogP contribution in [-0.2, 0) is 21.2 Å². The monoisotopic (exact) mass is 535 g/mol. The maximum absolute atomic E-state index is 14.0. The van der Waals surface area contributed by atoms with Gasteiger partial charge < -0.3 is 15.0 Å². The number of rotatable bonds is 9. The van der Waals surface area contributed by atoms with Gasteiger partial charge in [-0.15, -0.1) is 0 Å². The Morgan fingerprint density at radius 2 is 1.71 bits per heavy atom. The highest BCUT2D eigenvalue weighted by Crippen LogP contribution is 2.53. The van der Waals surface area contributed by atoms with Crippen molar-refractivity contribution in [3.63, 3.8) is 0 Å². The van der Waals surface area contributed by atoms with Gasteiger partial charge in [-0.3, -0.25) is 4.79 Å². The van der Waals surface area contributed by atoms with Gasteiger partial charge in [0.15, 0.2) is 0 Å². The second-order valence-corrected chi connectivity index (χ2v) is 11.1. The quantitative estimate of drug-likeness (QED) is 0.419. The minimum absolute atomic E-state index is 0.0381. The van der Waals surface area contributed by atoms with Crippen molar-refractivity contribution >= 4 is 27.6 Å². The van der Waals surface area contributed by atoms with E-state index in [0.717, 1.165) is 11.1 Å². The number of nitrogens with zero attached hydrogens (tertiary/aromatic N) is 1. The first-order valence-corrected chi connectivity index (χ1v) is 14.1. The van der Waals surface area contributed by atoms with Crippen LogP contribution in [0.15, 0.2) is 77.7 Å². The van der Waals surface area contributed by atoms with Crippen LogP contribution in [-0.4, -0.2) is 39.5 Å². The molecule has 3 aromatic carbocycles. The molecule has 9 heteroatoms. The number of amides is 3. The number of carbonyl (C=O) groups is 2. The van der Waals surface area contributed by atoms with Crippen molar-refractivity contribution in [2.45, 2.75) is 50.0 Å². The summed E-state index contributed by atoms with van der Waals surface area (Å²) in [7, 11) is -2.59. The third-order valence-electron chi connectivity index (χ3n) is 7.00. The van der Waals surface area contributed by atoms with Crippen molar-refractivity contribution in [3.8, 4) is 5.75 Å². The number of nitrogens with one attached hydrogen (secondary N) is 2. The Kier molecular flexibility index (Phi) is 7.78. The molecule has 2 atom stereocenters. The second-order valence-electron chi connectivity index (χ2n) is 9.40. The number of anilines is 1. The molecule has 2 N–H and O–H groups in total. The Bertz CT molecular complexity index is 1420. The molecule has 1 aliphatic rings. The molecule has 1 fully saturated rings. The number of methoxy groups -OCH3 is 1. The number of hydrogen-bond acceptors (Lipinski definition) is 5. The Morgan fingerprint density at radius 1 is 1.03 bits per heavy atom. The molecule has 200 valence electrons. The van der Waals surface area contributed by atoms with Gasteiger partial charge in [-0.05, 0) is 73.7 Å². The number of carbonyl (C=O) groups excluding carboxylic acids is 2.